The molecular formula is C28H30N2O4S. The molecule has 1 aliphatic rings. The summed E-state index contributed by atoms with van der Waals surface area (Å²) in [6.07, 6.45) is 1.84. The Kier molecular flexibility index (Phi) is 7.08. The molecule has 35 heavy (non-hydrogen) atoms. The van der Waals surface area contributed by atoms with Gasteiger partial charge in [0.2, 0.25) is 0 Å². The van der Waals surface area contributed by atoms with Gasteiger partial charge < -0.3 is 9.47 Å². The molecule has 7 heteroatoms. The van der Waals surface area contributed by atoms with E-state index in [0.29, 0.717) is 26.5 Å². The van der Waals surface area contributed by atoms with Gasteiger partial charge >= 0.3 is 5.97 Å². The van der Waals surface area contributed by atoms with Crippen LogP contribution in [0.15, 0.2) is 63.5 Å². The lowest BCUT2D eigenvalue weighted by Gasteiger charge is -2.25. The molecule has 0 saturated carbocycles. The Balaban J connectivity index is 1.92. The lowest BCUT2D eigenvalue weighted by atomic mass is 9.93. The maximum atomic E-state index is 13.7. The van der Waals surface area contributed by atoms with E-state index in [-0.39, 0.29) is 12.2 Å². The first kappa shape index (κ1) is 24.7. The molecule has 0 radical (unpaired) electrons. The van der Waals surface area contributed by atoms with Crippen LogP contribution in [-0.4, -0.2) is 24.3 Å². The molecule has 0 N–H and O–H groups in total. The van der Waals surface area contributed by atoms with Crippen molar-refractivity contribution in [3.05, 3.63) is 95.7 Å². The van der Waals surface area contributed by atoms with E-state index < -0.39 is 12.0 Å². The first-order chi connectivity index (χ1) is 16.7. The third-order valence-electron chi connectivity index (χ3n) is 6.17. The summed E-state index contributed by atoms with van der Waals surface area (Å²) in [6, 6.07) is 13.3. The van der Waals surface area contributed by atoms with Crippen molar-refractivity contribution in [1.82, 2.24) is 4.57 Å². The number of ether oxygens (including phenoxy) is 2. The highest BCUT2D eigenvalue weighted by Crippen LogP contribution is 2.31. The molecule has 0 spiro atoms. The number of carbonyl (C=O) groups excluding carboxylic acids is 1. The van der Waals surface area contributed by atoms with Crippen LogP contribution in [0.4, 0.5) is 0 Å². The van der Waals surface area contributed by atoms with Crippen molar-refractivity contribution >= 4 is 23.4 Å². The molecular weight excluding hydrogens is 460 g/mol. The van der Waals surface area contributed by atoms with Crippen LogP contribution in [0.5, 0.6) is 5.75 Å². The Labute approximate surface area is 208 Å². The van der Waals surface area contributed by atoms with E-state index in [1.54, 1.807) is 25.5 Å². The number of hydrogen-bond donors (Lipinski definition) is 0. The van der Waals surface area contributed by atoms with Crippen molar-refractivity contribution in [1.29, 1.82) is 0 Å². The molecule has 0 saturated heterocycles. The van der Waals surface area contributed by atoms with Crippen LogP contribution in [-0.2, 0) is 9.53 Å². The van der Waals surface area contributed by atoms with Gasteiger partial charge in [0.1, 0.15) is 5.75 Å². The number of allylic oxidation sites excluding steroid dienone is 1. The van der Waals surface area contributed by atoms with E-state index in [0.717, 1.165) is 22.4 Å². The summed E-state index contributed by atoms with van der Waals surface area (Å²) in [5.41, 5.74) is 4.67. The maximum absolute atomic E-state index is 13.7. The zero-order chi connectivity index (χ0) is 25.3. The van der Waals surface area contributed by atoms with Crippen molar-refractivity contribution in [2.45, 2.75) is 46.6 Å². The molecule has 6 nitrogen and oxygen atoms in total. The molecule has 3 aromatic rings. The highest BCUT2D eigenvalue weighted by Gasteiger charge is 2.33. The van der Waals surface area contributed by atoms with E-state index in [1.807, 2.05) is 55.5 Å². The normalized spacial score (nSPS) is 15.7. The Morgan fingerprint density at radius 3 is 2.51 bits per heavy atom. The first-order valence-electron chi connectivity index (χ1n) is 11.7. The lowest BCUT2D eigenvalue weighted by molar-refractivity contribution is -0.139. The summed E-state index contributed by atoms with van der Waals surface area (Å²) in [5.74, 6) is 0.679. The number of aryl methyl sites for hydroxylation is 1. The molecule has 182 valence electrons. The van der Waals surface area contributed by atoms with E-state index in [4.69, 9.17) is 9.47 Å². The van der Waals surface area contributed by atoms with Crippen molar-refractivity contribution in [3.63, 3.8) is 0 Å². The van der Waals surface area contributed by atoms with Gasteiger partial charge in [-0.2, -0.15) is 0 Å². The van der Waals surface area contributed by atoms with Crippen LogP contribution in [0.1, 0.15) is 61.9 Å². The largest absolute Gasteiger partial charge is 0.496 e. The van der Waals surface area contributed by atoms with Crippen LogP contribution >= 0.6 is 11.3 Å². The standard InChI is InChI=1S/C28H30N2O4S/c1-7-34-27(32)24-18(5)29-28-30(25(24)21-12-10-20(11-13-21)16(2)3)26(31)23(35-28)15-19-9-8-17(4)22(14-19)33-6/h8-16,25H,7H2,1-6H3/b23-15-/t25-/m0/s1. The molecule has 0 unspecified atom stereocenters. The quantitative estimate of drug-likeness (QED) is 0.485. The number of thiazole rings is 1. The van der Waals surface area contributed by atoms with Gasteiger partial charge in [0.25, 0.3) is 5.56 Å². The fourth-order valence-corrected chi connectivity index (χ4v) is 5.29. The molecule has 0 fully saturated rings. The summed E-state index contributed by atoms with van der Waals surface area (Å²) in [6.45, 7) is 10.0. The molecule has 1 aliphatic heterocycles. The molecule has 0 amide bonds. The predicted molar refractivity (Wildman–Crippen MR) is 139 cm³/mol. The summed E-state index contributed by atoms with van der Waals surface area (Å²) < 4.78 is 13.0. The lowest BCUT2D eigenvalue weighted by Crippen LogP contribution is -2.39. The van der Waals surface area contributed by atoms with E-state index in [9.17, 15) is 9.59 Å². The molecule has 4 rings (SSSR count). The number of aromatic nitrogens is 1. The van der Waals surface area contributed by atoms with E-state index >= 15 is 0 Å². The van der Waals surface area contributed by atoms with Gasteiger partial charge in [-0.1, -0.05) is 61.6 Å². The Morgan fingerprint density at radius 1 is 1.17 bits per heavy atom. The van der Waals surface area contributed by atoms with Crippen LogP contribution in [0, 0.1) is 6.92 Å². The Bertz CT molecular complexity index is 1480. The van der Waals surface area contributed by atoms with Crippen molar-refractivity contribution < 1.29 is 14.3 Å². The van der Waals surface area contributed by atoms with Crippen molar-refractivity contribution in [2.75, 3.05) is 13.7 Å². The number of rotatable bonds is 6. The average Bonchev–Trinajstić information content (AvgIpc) is 3.13. The molecule has 1 atom stereocenters. The monoisotopic (exact) mass is 490 g/mol. The molecule has 2 aromatic carbocycles. The number of esters is 1. The number of carbonyl (C=O) groups is 1. The second kappa shape index (κ2) is 10.0. The fraction of sp³-hybridized carbons (Fsp3) is 0.321. The van der Waals surface area contributed by atoms with E-state index in [1.165, 1.54) is 16.9 Å². The minimum absolute atomic E-state index is 0.194. The fourth-order valence-electron chi connectivity index (χ4n) is 4.25. The van der Waals surface area contributed by atoms with Crippen molar-refractivity contribution in [3.8, 4) is 5.75 Å². The summed E-state index contributed by atoms with van der Waals surface area (Å²) in [5, 5.41) is 0. The van der Waals surface area contributed by atoms with Gasteiger partial charge in [-0.05, 0) is 61.1 Å². The number of nitrogens with zero attached hydrogens (tertiary/aromatic N) is 2. The van der Waals surface area contributed by atoms with Gasteiger partial charge in [-0.3, -0.25) is 9.36 Å². The molecule has 1 aromatic heterocycles. The van der Waals surface area contributed by atoms with Crippen LogP contribution < -0.4 is 19.6 Å². The van der Waals surface area contributed by atoms with Gasteiger partial charge in [0.15, 0.2) is 4.80 Å². The van der Waals surface area contributed by atoms with Crippen LogP contribution in [0.25, 0.3) is 6.08 Å². The minimum atomic E-state index is -0.610. The highest BCUT2D eigenvalue weighted by atomic mass is 32.1. The summed E-state index contributed by atoms with van der Waals surface area (Å²) in [4.78, 5) is 31.9. The maximum Gasteiger partial charge on any atom is 0.338 e. The first-order valence-corrected chi connectivity index (χ1v) is 12.5. The molecule has 0 aliphatic carbocycles. The number of hydrogen-bond acceptors (Lipinski definition) is 6. The smallest absolute Gasteiger partial charge is 0.338 e. The zero-order valence-corrected chi connectivity index (χ0v) is 21.7. The number of benzene rings is 2. The summed E-state index contributed by atoms with van der Waals surface area (Å²) >= 11 is 1.31. The molecule has 0 bridgehead atoms. The third-order valence-corrected chi connectivity index (χ3v) is 7.15. The SMILES string of the molecule is CCOC(=O)C1=C(C)N=c2s/c(=C\c3ccc(C)c(OC)c3)c(=O)n2[C@H]1c1ccc(C(C)C)cc1. The number of methoxy groups -OCH3 is 1. The molecule has 2 heterocycles. The topological polar surface area (TPSA) is 69.9 Å². The van der Waals surface area contributed by atoms with Gasteiger partial charge in [-0.25, -0.2) is 9.79 Å². The Morgan fingerprint density at radius 2 is 1.89 bits per heavy atom. The second-order valence-electron chi connectivity index (χ2n) is 8.85. The number of fused-ring (bicyclic) bond motifs is 1. The van der Waals surface area contributed by atoms with Gasteiger partial charge in [-0.15, -0.1) is 0 Å². The average molecular weight is 491 g/mol. The zero-order valence-electron chi connectivity index (χ0n) is 20.9. The van der Waals surface area contributed by atoms with Gasteiger partial charge in [0, 0.05) is 0 Å². The van der Waals surface area contributed by atoms with Crippen LogP contribution in [0.3, 0.4) is 0 Å². The Hall–Kier alpha value is -3.45. The minimum Gasteiger partial charge on any atom is -0.496 e. The highest BCUT2D eigenvalue weighted by molar-refractivity contribution is 7.07. The van der Waals surface area contributed by atoms with Crippen LogP contribution in [0.2, 0.25) is 0 Å². The third kappa shape index (κ3) is 4.73. The second-order valence-corrected chi connectivity index (χ2v) is 9.86. The predicted octanol–water partition coefficient (Wildman–Crippen LogP) is 4.24. The van der Waals surface area contributed by atoms with Crippen molar-refractivity contribution in [2.24, 2.45) is 4.99 Å². The van der Waals surface area contributed by atoms with Gasteiger partial charge in [0.05, 0.1) is 35.6 Å². The van der Waals surface area contributed by atoms with E-state index in [2.05, 4.69) is 18.8 Å². The summed E-state index contributed by atoms with van der Waals surface area (Å²) in [7, 11) is 1.63.